The zero-order valence-corrected chi connectivity index (χ0v) is 10.3. The highest BCUT2D eigenvalue weighted by Crippen LogP contribution is 2.13. The molecule has 1 saturated heterocycles. The Hall–Kier alpha value is -1.36. The van der Waals surface area contributed by atoms with Crippen LogP contribution in [-0.2, 0) is 11.2 Å². The Morgan fingerprint density at radius 2 is 2.53 bits per heavy atom. The molecule has 1 unspecified atom stereocenters. The van der Waals surface area contributed by atoms with Crippen LogP contribution >= 0.6 is 0 Å². The molecule has 5 nitrogen and oxygen atoms in total. The van der Waals surface area contributed by atoms with E-state index < -0.39 is 0 Å². The van der Waals surface area contributed by atoms with E-state index in [1.54, 1.807) is 0 Å². The zero-order valence-electron chi connectivity index (χ0n) is 10.3. The van der Waals surface area contributed by atoms with Gasteiger partial charge in [0.15, 0.2) is 5.82 Å². The predicted octanol–water partition coefficient (Wildman–Crippen LogP) is 1.30. The predicted molar refractivity (Wildman–Crippen MR) is 66.8 cm³/mol. The summed E-state index contributed by atoms with van der Waals surface area (Å²) in [6, 6.07) is 1.91. The summed E-state index contributed by atoms with van der Waals surface area (Å²) in [5.41, 5.74) is 1.07. The minimum absolute atomic E-state index is 0.0757. The van der Waals surface area contributed by atoms with Gasteiger partial charge in [-0.3, -0.25) is 9.89 Å². The SMILES string of the molecule is CCCc1cc(NC(=O)C2CCCNC2)n[nH]1. The van der Waals surface area contributed by atoms with Gasteiger partial charge in [0.25, 0.3) is 0 Å². The molecule has 0 aliphatic carbocycles. The fourth-order valence-electron chi connectivity index (χ4n) is 2.13. The number of nitrogens with one attached hydrogen (secondary N) is 3. The summed E-state index contributed by atoms with van der Waals surface area (Å²) < 4.78 is 0. The first-order chi connectivity index (χ1) is 8.29. The van der Waals surface area contributed by atoms with Gasteiger partial charge in [-0.15, -0.1) is 0 Å². The van der Waals surface area contributed by atoms with E-state index >= 15 is 0 Å². The summed E-state index contributed by atoms with van der Waals surface area (Å²) in [4.78, 5) is 11.9. The minimum atomic E-state index is 0.0757. The molecule has 0 aromatic carbocycles. The van der Waals surface area contributed by atoms with Gasteiger partial charge in [0.2, 0.25) is 5.91 Å². The van der Waals surface area contributed by atoms with Gasteiger partial charge in [-0.2, -0.15) is 5.10 Å². The molecule has 0 saturated carbocycles. The number of carbonyl (C=O) groups excluding carboxylic acids is 1. The zero-order chi connectivity index (χ0) is 12.1. The largest absolute Gasteiger partial charge is 0.316 e. The van der Waals surface area contributed by atoms with Crippen LogP contribution in [0.15, 0.2) is 6.07 Å². The van der Waals surface area contributed by atoms with E-state index in [-0.39, 0.29) is 11.8 Å². The fourth-order valence-corrected chi connectivity index (χ4v) is 2.13. The number of carbonyl (C=O) groups is 1. The van der Waals surface area contributed by atoms with Crippen molar-refractivity contribution >= 4 is 11.7 Å². The van der Waals surface area contributed by atoms with Crippen molar-refractivity contribution in [3.63, 3.8) is 0 Å². The van der Waals surface area contributed by atoms with Gasteiger partial charge in [-0.25, -0.2) is 0 Å². The third kappa shape index (κ3) is 3.30. The normalized spacial score (nSPS) is 20.2. The van der Waals surface area contributed by atoms with Crippen molar-refractivity contribution in [3.05, 3.63) is 11.8 Å². The van der Waals surface area contributed by atoms with Crippen molar-refractivity contribution in [2.24, 2.45) is 5.92 Å². The highest BCUT2D eigenvalue weighted by Gasteiger charge is 2.21. The van der Waals surface area contributed by atoms with Crippen LogP contribution in [0.5, 0.6) is 0 Å². The molecule has 1 amide bonds. The summed E-state index contributed by atoms with van der Waals surface area (Å²) in [5, 5.41) is 13.1. The quantitative estimate of drug-likeness (QED) is 0.738. The molecular formula is C12H20N4O. The lowest BCUT2D eigenvalue weighted by Gasteiger charge is -2.21. The van der Waals surface area contributed by atoms with Crippen LogP contribution in [0, 0.1) is 5.92 Å². The Kier molecular flexibility index (Phi) is 4.14. The Morgan fingerprint density at radius 1 is 1.65 bits per heavy atom. The van der Waals surface area contributed by atoms with Crippen LogP contribution in [0.3, 0.4) is 0 Å². The van der Waals surface area contributed by atoms with Crippen LogP contribution in [0.2, 0.25) is 0 Å². The number of anilines is 1. The number of rotatable bonds is 4. The van der Waals surface area contributed by atoms with Gasteiger partial charge in [0.05, 0.1) is 5.92 Å². The molecule has 1 aromatic heterocycles. The van der Waals surface area contributed by atoms with Crippen LogP contribution in [0.1, 0.15) is 31.9 Å². The molecule has 1 atom stereocenters. The second-order valence-electron chi connectivity index (χ2n) is 4.56. The van der Waals surface area contributed by atoms with E-state index in [0.717, 1.165) is 44.5 Å². The van der Waals surface area contributed by atoms with Crippen molar-refractivity contribution in [3.8, 4) is 0 Å². The van der Waals surface area contributed by atoms with Gasteiger partial charge in [-0.05, 0) is 25.8 Å². The molecule has 0 bridgehead atoms. The number of aryl methyl sites for hydroxylation is 1. The van der Waals surface area contributed by atoms with E-state index in [4.69, 9.17) is 0 Å². The Morgan fingerprint density at radius 3 is 3.24 bits per heavy atom. The smallest absolute Gasteiger partial charge is 0.229 e. The third-order valence-corrected chi connectivity index (χ3v) is 3.07. The van der Waals surface area contributed by atoms with Gasteiger partial charge < -0.3 is 10.6 Å². The molecular weight excluding hydrogens is 216 g/mol. The maximum atomic E-state index is 11.9. The molecule has 1 aliphatic rings. The summed E-state index contributed by atoms with van der Waals surface area (Å²) in [5.74, 6) is 0.797. The summed E-state index contributed by atoms with van der Waals surface area (Å²) in [7, 11) is 0. The lowest BCUT2D eigenvalue weighted by Crippen LogP contribution is -2.37. The lowest BCUT2D eigenvalue weighted by molar-refractivity contribution is -0.120. The second-order valence-corrected chi connectivity index (χ2v) is 4.56. The van der Waals surface area contributed by atoms with E-state index in [2.05, 4.69) is 27.8 Å². The first-order valence-electron chi connectivity index (χ1n) is 6.35. The molecule has 5 heteroatoms. The fraction of sp³-hybridized carbons (Fsp3) is 0.667. The first-order valence-corrected chi connectivity index (χ1v) is 6.35. The number of aromatic amines is 1. The minimum Gasteiger partial charge on any atom is -0.316 e. The van der Waals surface area contributed by atoms with Crippen molar-refractivity contribution in [1.29, 1.82) is 0 Å². The number of aromatic nitrogens is 2. The van der Waals surface area contributed by atoms with Gasteiger partial charge >= 0.3 is 0 Å². The highest BCUT2D eigenvalue weighted by atomic mass is 16.2. The Bertz CT molecular complexity index is 368. The van der Waals surface area contributed by atoms with Crippen molar-refractivity contribution < 1.29 is 4.79 Å². The molecule has 1 aliphatic heterocycles. The number of hydrogen-bond acceptors (Lipinski definition) is 3. The molecule has 0 radical (unpaired) electrons. The molecule has 94 valence electrons. The van der Waals surface area contributed by atoms with Gasteiger partial charge in [-0.1, -0.05) is 13.3 Å². The van der Waals surface area contributed by atoms with Crippen molar-refractivity contribution in [2.45, 2.75) is 32.6 Å². The highest BCUT2D eigenvalue weighted by molar-refractivity contribution is 5.91. The summed E-state index contributed by atoms with van der Waals surface area (Å²) >= 11 is 0. The second kappa shape index (κ2) is 5.82. The third-order valence-electron chi connectivity index (χ3n) is 3.07. The number of nitrogens with zero attached hydrogens (tertiary/aromatic N) is 1. The van der Waals surface area contributed by atoms with Crippen molar-refractivity contribution in [2.75, 3.05) is 18.4 Å². The van der Waals surface area contributed by atoms with E-state index in [0.29, 0.717) is 5.82 Å². The molecule has 3 N–H and O–H groups in total. The van der Waals surface area contributed by atoms with E-state index in [1.165, 1.54) is 0 Å². The number of amides is 1. The van der Waals surface area contributed by atoms with E-state index in [1.807, 2.05) is 6.07 Å². The Balaban J connectivity index is 1.88. The number of H-pyrrole nitrogens is 1. The lowest BCUT2D eigenvalue weighted by atomic mass is 9.99. The van der Waals surface area contributed by atoms with Crippen LogP contribution < -0.4 is 10.6 Å². The Labute approximate surface area is 101 Å². The molecule has 17 heavy (non-hydrogen) atoms. The molecule has 1 fully saturated rings. The number of hydrogen-bond donors (Lipinski definition) is 3. The van der Waals surface area contributed by atoms with Gasteiger partial charge in [0.1, 0.15) is 0 Å². The summed E-state index contributed by atoms with van der Waals surface area (Å²) in [6.45, 7) is 3.91. The molecule has 2 rings (SSSR count). The average Bonchev–Trinajstić information content (AvgIpc) is 2.78. The summed E-state index contributed by atoms with van der Waals surface area (Å²) in [6.07, 6.45) is 4.07. The monoisotopic (exact) mass is 236 g/mol. The number of piperidine rings is 1. The van der Waals surface area contributed by atoms with Crippen molar-refractivity contribution in [1.82, 2.24) is 15.5 Å². The standard InChI is InChI=1S/C12H20N4O/c1-2-4-10-7-11(16-15-10)14-12(17)9-5-3-6-13-8-9/h7,9,13H,2-6,8H2,1H3,(H2,14,15,16,17). The topological polar surface area (TPSA) is 69.8 Å². The maximum Gasteiger partial charge on any atom is 0.229 e. The maximum absolute atomic E-state index is 11.9. The van der Waals surface area contributed by atoms with E-state index in [9.17, 15) is 4.79 Å². The first kappa shape index (κ1) is 12.1. The van der Waals surface area contributed by atoms with Crippen LogP contribution in [-0.4, -0.2) is 29.2 Å². The molecule has 2 heterocycles. The molecule has 1 aromatic rings. The van der Waals surface area contributed by atoms with Crippen LogP contribution in [0.25, 0.3) is 0 Å². The molecule has 0 spiro atoms. The van der Waals surface area contributed by atoms with Gasteiger partial charge in [0, 0.05) is 18.3 Å². The van der Waals surface area contributed by atoms with Crippen LogP contribution in [0.4, 0.5) is 5.82 Å². The average molecular weight is 236 g/mol.